The Morgan fingerprint density at radius 3 is 2.58 bits per heavy atom. The highest BCUT2D eigenvalue weighted by molar-refractivity contribution is 5.91. The van der Waals surface area contributed by atoms with Crippen molar-refractivity contribution >= 4 is 22.8 Å². The number of aromatic nitrogens is 4. The number of imidazole rings is 1. The molecular formula is C17H26N6O3. The van der Waals surface area contributed by atoms with Crippen LogP contribution in [0.4, 0.5) is 5.95 Å². The predicted octanol–water partition coefficient (Wildman–Crippen LogP) is 1.10. The fourth-order valence-electron chi connectivity index (χ4n) is 3.25. The van der Waals surface area contributed by atoms with E-state index in [2.05, 4.69) is 10.1 Å². The molecule has 0 fully saturated rings. The van der Waals surface area contributed by atoms with Crippen LogP contribution in [0, 0.1) is 0 Å². The number of anilines is 1. The maximum atomic E-state index is 13.0. The Kier molecular flexibility index (Phi) is 4.99. The van der Waals surface area contributed by atoms with Gasteiger partial charge in [-0.15, -0.1) is 0 Å². The van der Waals surface area contributed by atoms with Crippen molar-refractivity contribution in [3.05, 3.63) is 20.8 Å². The second-order valence-corrected chi connectivity index (χ2v) is 6.49. The summed E-state index contributed by atoms with van der Waals surface area (Å²) in [5.41, 5.74) is 1.07. The van der Waals surface area contributed by atoms with Crippen molar-refractivity contribution in [1.29, 1.82) is 0 Å². The normalized spacial score (nSPS) is 16.9. The first-order valence-electron chi connectivity index (χ1n) is 9.04. The van der Waals surface area contributed by atoms with Gasteiger partial charge in [0, 0.05) is 20.2 Å². The van der Waals surface area contributed by atoms with Gasteiger partial charge in [-0.3, -0.25) is 18.5 Å². The molecule has 9 heteroatoms. The molecule has 0 spiro atoms. The Morgan fingerprint density at radius 2 is 1.92 bits per heavy atom. The third-order valence-electron chi connectivity index (χ3n) is 4.76. The smallest absolute Gasteiger partial charge is 0.332 e. The van der Waals surface area contributed by atoms with Crippen LogP contribution in [0.5, 0.6) is 0 Å². The van der Waals surface area contributed by atoms with Gasteiger partial charge in [-0.1, -0.05) is 6.92 Å². The molecule has 9 nitrogen and oxygen atoms in total. The number of rotatable bonds is 6. The molecule has 2 aromatic heterocycles. The molecular weight excluding hydrogens is 336 g/mol. The van der Waals surface area contributed by atoms with E-state index in [1.165, 1.54) is 9.13 Å². The lowest BCUT2D eigenvalue weighted by Gasteiger charge is -2.29. The Labute approximate surface area is 151 Å². The SMILES string of the molecule is CCCn1c(=O)c2c(nc3n2C(C)C(C)=NN3CCOCC)n(C)c1=O. The molecule has 0 radical (unpaired) electrons. The van der Waals surface area contributed by atoms with E-state index in [1.807, 2.05) is 32.3 Å². The lowest BCUT2D eigenvalue weighted by molar-refractivity contribution is 0.153. The Morgan fingerprint density at radius 1 is 1.19 bits per heavy atom. The largest absolute Gasteiger partial charge is 0.380 e. The molecule has 0 N–H and O–H groups in total. The average molecular weight is 362 g/mol. The van der Waals surface area contributed by atoms with Crippen molar-refractivity contribution in [2.45, 2.75) is 46.7 Å². The minimum absolute atomic E-state index is 0.112. The predicted molar refractivity (Wildman–Crippen MR) is 101 cm³/mol. The Balaban J connectivity index is 2.26. The van der Waals surface area contributed by atoms with Crippen molar-refractivity contribution in [2.24, 2.45) is 12.1 Å². The number of hydrazone groups is 1. The molecule has 1 aliphatic rings. The molecule has 0 saturated heterocycles. The van der Waals surface area contributed by atoms with Gasteiger partial charge < -0.3 is 4.74 Å². The van der Waals surface area contributed by atoms with E-state index in [0.717, 1.165) is 5.71 Å². The maximum absolute atomic E-state index is 13.0. The molecule has 1 unspecified atom stereocenters. The van der Waals surface area contributed by atoms with E-state index in [1.54, 1.807) is 12.1 Å². The minimum atomic E-state index is -0.342. The zero-order chi connectivity index (χ0) is 19.0. The van der Waals surface area contributed by atoms with E-state index in [9.17, 15) is 9.59 Å². The molecule has 2 aromatic rings. The van der Waals surface area contributed by atoms with Crippen molar-refractivity contribution in [2.75, 3.05) is 24.8 Å². The van der Waals surface area contributed by atoms with Crippen molar-refractivity contribution < 1.29 is 4.74 Å². The summed E-state index contributed by atoms with van der Waals surface area (Å²) in [6.07, 6.45) is 0.707. The van der Waals surface area contributed by atoms with Crippen LogP contribution in [0.3, 0.4) is 0 Å². The maximum Gasteiger partial charge on any atom is 0.332 e. The van der Waals surface area contributed by atoms with E-state index in [-0.39, 0.29) is 17.3 Å². The highest BCUT2D eigenvalue weighted by Crippen LogP contribution is 2.29. The minimum Gasteiger partial charge on any atom is -0.380 e. The second kappa shape index (κ2) is 7.06. The van der Waals surface area contributed by atoms with Gasteiger partial charge in [-0.05, 0) is 27.2 Å². The number of ether oxygens (including phenoxy) is 1. The van der Waals surface area contributed by atoms with Crippen LogP contribution in [0.15, 0.2) is 14.7 Å². The number of nitrogens with zero attached hydrogens (tertiary/aromatic N) is 6. The van der Waals surface area contributed by atoms with Crippen LogP contribution in [-0.2, 0) is 18.3 Å². The summed E-state index contributed by atoms with van der Waals surface area (Å²) in [6, 6.07) is -0.112. The Hall–Kier alpha value is -2.42. The standard InChI is InChI=1S/C17H26N6O3/c1-6-8-21-15(24)13-14(20(5)17(21)25)18-16-22(9-10-26-7-2)19-11(3)12(4)23(13)16/h12H,6-10H2,1-5H3. The van der Waals surface area contributed by atoms with Gasteiger partial charge in [0.05, 0.1) is 24.9 Å². The molecule has 1 atom stereocenters. The topological polar surface area (TPSA) is 86.7 Å². The van der Waals surface area contributed by atoms with Crippen molar-refractivity contribution in [3.8, 4) is 0 Å². The fourth-order valence-corrected chi connectivity index (χ4v) is 3.25. The Bertz CT molecular complexity index is 968. The average Bonchev–Trinajstić information content (AvgIpc) is 3.02. The highest BCUT2D eigenvalue weighted by Gasteiger charge is 2.30. The van der Waals surface area contributed by atoms with Gasteiger partial charge in [-0.25, -0.2) is 9.80 Å². The molecule has 142 valence electrons. The van der Waals surface area contributed by atoms with Crippen molar-refractivity contribution in [3.63, 3.8) is 0 Å². The fraction of sp³-hybridized carbons (Fsp3) is 0.647. The molecule has 0 bridgehead atoms. The summed E-state index contributed by atoms with van der Waals surface area (Å²) in [7, 11) is 1.65. The third kappa shape index (κ3) is 2.76. The number of hydrogen-bond acceptors (Lipinski definition) is 6. The van der Waals surface area contributed by atoms with Crippen molar-refractivity contribution in [1.82, 2.24) is 18.7 Å². The first-order valence-corrected chi connectivity index (χ1v) is 9.04. The van der Waals surface area contributed by atoms with E-state index < -0.39 is 0 Å². The lowest BCUT2D eigenvalue weighted by Crippen LogP contribution is -2.40. The monoisotopic (exact) mass is 362 g/mol. The van der Waals surface area contributed by atoms with Gasteiger partial charge in [0.1, 0.15) is 0 Å². The quantitative estimate of drug-likeness (QED) is 0.718. The first kappa shape index (κ1) is 18.4. The molecule has 0 amide bonds. The summed E-state index contributed by atoms with van der Waals surface area (Å²) in [6.45, 7) is 9.84. The first-order chi connectivity index (χ1) is 12.4. The number of fused-ring (bicyclic) bond motifs is 3. The van der Waals surface area contributed by atoms with Gasteiger partial charge in [-0.2, -0.15) is 10.1 Å². The summed E-state index contributed by atoms with van der Waals surface area (Å²) in [5, 5.41) is 6.35. The van der Waals surface area contributed by atoms with E-state index in [4.69, 9.17) is 4.74 Å². The molecule has 26 heavy (non-hydrogen) atoms. The van der Waals surface area contributed by atoms with Gasteiger partial charge in [0.2, 0.25) is 5.95 Å². The summed E-state index contributed by atoms with van der Waals surface area (Å²) < 4.78 is 10.1. The summed E-state index contributed by atoms with van der Waals surface area (Å²) in [5.74, 6) is 0.569. The zero-order valence-electron chi connectivity index (χ0n) is 16.0. The molecule has 0 aliphatic carbocycles. The van der Waals surface area contributed by atoms with Crippen LogP contribution >= 0.6 is 0 Å². The number of hydrogen-bond donors (Lipinski definition) is 0. The zero-order valence-corrected chi connectivity index (χ0v) is 16.0. The second-order valence-electron chi connectivity index (χ2n) is 6.49. The molecule has 0 aromatic carbocycles. The lowest BCUT2D eigenvalue weighted by atomic mass is 10.2. The van der Waals surface area contributed by atoms with E-state index >= 15 is 0 Å². The molecule has 3 heterocycles. The van der Waals surface area contributed by atoms with Gasteiger partial charge in [0.25, 0.3) is 5.56 Å². The van der Waals surface area contributed by atoms with Gasteiger partial charge in [0.15, 0.2) is 11.2 Å². The van der Waals surface area contributed by atoms with Crippen LogP contribution in [0.1, 0.15) is 40.2 Å². The van der Waals surface area contributed by atoms with Crippen LogP contribution < -0.4 is 16.3 Å². The number of aryl methyl sites for hydroxylation is 1. The summed E-state index contributed by atoms with van der Waals surface area (Å²) >= 11 is 0. The highest BCUT2D eigenvalue weighted by atomic mass is 16.5. The van der Waals surface area contributed by atoms with Crippen LogP contribution in [-0.4, -0.2) is 44.2 Å². The molecule has 3 rings (SSSR count). The molecule has 0 saturated carbocycles. The van der Waals surface area contributed by atoms with Gasteiger partial charge >= 0.3 is 5.69 Å². The van der Waals surface area contributed by atoms with Crippen LogP contribution in [0.25, 0.3) is 11.2 Å². The molecule has 1 aliphatic heterocycles. The third-order valence-corrected chi connectivity index (χ3v) is 4.76. The van der Waals surface area contributed by atoms with Crippen LogP contribution in [0.2, 0.25) is 0 Å². The van der Waals surface area contributed by atoms with E-state index in [0.29, 0.717) is 49.8 Å². The summed E-state index contributed by atoms with van der Waals surface area (Å²) in [4.78, 5) is 30.2.